The molecule has 1 aromatic rings. The highest BCUT2D eigenvalue weighted by Gasteiger charge is 2.18. The molecule has 0 bridgehead atoms. The molecule has 6 heteroatoms. The van der Waals surface area contributed by atoms with Gasteiger partial charge in [-0.2, -0.15) is 5.10 Å². The van der Waals surface area contributed by atoms with Crippen LogP contribution in [0, 0.1) is 19.3 Å². The van der Waals surface area contributed by atoms with E-state index < -0.39 is 5.97 Å². The van der Waals surface area contributed by atoms with Gasteiger partial charge in [0, 0.05) is 0 Å². The van der Waals surface area contributed by atoms with Gasteiger partial charge in [-0.15, -0.1) is 0 Å². The van der Waals surface area contributed by atoms with Crippen molar-refractivity contribution in [1.29, 1.82) is 5.41 Å². The molecule has 0 radical (unpaired) electrons. The summed E-state index contributed by atoms with van der Waals surface area (Å²) in [6.07, 6.45) is 0. The molecule has 0 aliphatic rings. The Hall–Kier alpha value is -1.85. The molecule has 1 rings (SSSR count). The van der Waals surface area contributed by atoms with Crippen LogP contribution in [0.15, 0.2) is 0 Å². The first kappa shape index (κ1) is 9.24. The van der Waals surface area contributed by atoms with Crippen molar-refractivity contribution < 1.29 is 9.90 Å². The summed E-state index contributed by atoms with van der Waals surface area (Å²) >= 11 is 0. The van der Waals surface area contributed by atoms with Gasteiger partial charge in [-0.05, 0) is 13.8 Å². The third-order valence-electron chi connectivity index (χ3n) is 1.73. The minimum atomic E-state index is -1.05. The zero-order chi connectivity index (χ0) is 10.2. The summed E-state index contributed by atoms with van der Waals surface area (Å²) in [6.45, 7) is 3.13. The smallest absolute Gasteiger partial charge is 0.339 e. The number of aryl methyl sites for hydroxylation is 1. The highest BCUT2D eigenvalue weighted by molar-refractivity contribution is 5.91. The molecule has 0 saturated carbocycles. The van der Waals surface area contributed by atoms with E-state index in [2.05, 4.69) is 5.10 Å². The first-order chi connectivity index (χ1) is 5.95. The van der Waals surface area contributed by atoms with Gasteiger partial charge in [0.25, 0.3) is 0 Å². The van der Waals surface area contributed by atoms with Gasteiger partial charge < -0.3 is 10.8 Å². The number of carboxylic acid groups (broad SMARTS) is 1. The van der Waals surface area contributed by atoms with Gasteiger partial charge >= 0.3 is 5.97 Å². The second-order valence-electron chi connectivity index (χ2n) is 2.65. The Morgan fingerprint density at radius 2 is 2.15 bits per heavy atom. The molecule has 70 valence electrons. The molecule has 1 heterocycles. The number of nitrogens with two attached hydrogens (primary N) is 1. The fourth-order valence-electron chi connectivity index (χ4n) is 1.19. The number of rotatable bonds is 1. The molecular weight excluding hydrogens is 172 g/mol. The minimum absolute atomic E-state index is 0.107. The molecule has 0 fully saturated rings. The number of carbonyl (C=O) groups is 1. The van der Waals surface area contributed by atoms with E-state index in [4.69, 9.17) is 16.2 Å². The molecule has 1 aromatic heterocycles. The number of nitrogens with zero attached hydrogens (tertiary/aromatic N) is 2. The molecule has 0 aliphatic heterocycles. The summed E-state index contributed by atoms with van der Waals surface area (Å²) in [7, 11) is 0. The van der Waals surface area contributed by atoms with Crippen molar-refractivity contribution in [2.24, 2.45) is 5.73 Å². The van der Waals surface area contributed by atoms with Crippen molar-refractivity contribution in [3.8, 4) is 0 Å². The van der Waals surface area contributed by atoms with Crippen molar-refractivity contribution >= 4 is 11.9 Å². The third kappa shape index (κ3) is 1.37. The Bertz CT molecular complexity index is 380. The first-order valence-corrected chi connectivity index (χ1v) is 3.59. The average Bonchev–Trinajstić information content (AvgIpc) is 2.26. The fourth-order valence-corrected chi connectivity index (χ4v) is 1.19. The van der Waals surface area contributed by atoms with Crippen molar-refractivity contribution in [3.63, 3.8) is 0 Å². The van der Waals surface area contributed by atoms with E-state index in [0.717, 1.165) is 4.68 Å². The molecule has 0 atom stereocenters. The lowest BCUT2D eigenvalue weighted by atomic mass is 10.2. The third-order valence-corrected chi connectivity index (χ3v) is 1.73. The van der Waals surface area contributed by atoms with Crippen LogP contribution in [0.3, 0.4) is 0 Å². The van der Waals surface area contributed by atoms with Crippen LogP contribution in [0.25, 0.3) is 0 Å². The van der Waals surface area contributed by atoms with Crippen LogP contribution < -0.4 is 5.73 Å². The van der Waals surface area contributed by atoms with Crippen LogP contribution in [0.4, 0.5) is 0 Å². The van der Waals surface area contributed by atoms with E-state index in [1.165, 1.54) is 0 Å². The normalized spacial score (nSPS) is 10.0. The lowest BCUT2D eigenvalue weighted by Crippen LogP contribution is -2.23. The molecule has 0 unspecified atom stereocenters. The first-order valence-electron chi connectivity index (χ1n) is 3.59. The Morgan fingerprint density at radius 3 is 2.38 bits per heavy atom. The summed E-state index contributed by atoms with van der Waals surface area (Å²) in [5.74, 6) is -1.34. The number of carboxylic acids is 1. The molecule has 13 heavy (non-hydrogen) atoms. The predicted octanol–water partition coefficient (Wildman–Crippen LogP) is -0.0603. The average molecular weight is 182 g/mol. The Kier molecular flexibility index (Phi) is 2.05. The zero-order valence-corrected chi connectivity index (χ0v) is 7.33. The summed E-state index contributed by atoms with van der Waals surface area (Å²) < 4.78 is 1.10. The van der Waals surface area contributed by atoms with Crippen molar-refractivity contribution in [3.05, 3.63) is 17.0 Å². The van der Waals surface area contributed by atoms with Crippen LogP contribution in [-0.2, 0) is 0 Å². The van der Waals surface area contributed by atoms with E-state index in [0.29, 0.717) is 11.4 Å². The van der Waals surface area contributed by atoms with Crippen LogP contribution in [0.1, 0.15) is 21.7 Å². The largest absolute Gasteiger partial charge is 0.478 e. The molecule has 0 saturated heterocycles. The Balaban J connectivity index is 3.39. The van der Waals surface area contributed by atoms with Crippen LogP contribution in [0.5, 0.6) is 0 Å². The highest BCUT2D eigenvalue weighted by atomic mass is 16.4. The maximum absolute atomic E-state index is 10.7. The topological polar surface area (TPSA) is 105 Å². The highest BCUT2D eigenvalue weighted by Crippen LogP contribution is 2.11. The molecule has 0 aliphatic carbocycles. The van der Waals surface area contributed by atoms with E-state index in [9.17, 15) is 4.79 Å². The van der Waals surface area contributed by atoms with Gasteiger partial charge in [0.2, 0.25) is 5.96 Å². The van der Waals surface area contributed by atoms with Gasteiger partial charge in [0.1, 0.15) is 5.56 Å². The van der Waals surface area contributed by atoms with Crippen molar-refractivity contribution in [2.45, 2.75) is 13.8 Å². The standard InChI is InChI=1S/C7H10N4O2/c1-3-5(6(12)13)4(2)11(10-3)7(8)9/h1-2H3,(H3,8,9)(H,12,13). The van der Waals surface area contributed by atoms with E-state index in [-0.39, 0.29) is 11.5 Å². The molecule has 0 amide bonds. The van der Waals surface area contributed by atoms with Gasteiger partial charge in [0.15, 0.2) is 0 Å². The van der Waals surface area contributed by atoms with Crippen LogP contribution >= 0.6 is 0 Å². The number of hydrogen-bond donors (Lipinski definition) is 3. The molecule has 6 nitrogen and oxygen atoms in total. The molecule has 0 spiro atoms. The number of aromatic carboxylic acids is 1. The van der Waals surface area contributed by atoms with E-state index in [1.54, 1.807) is 13.8 Å². The summed E-state index contributed by atoms with van der Waals surface area (Å²) in [4.78, 5) is 10.7. The maximum atomic E-state index is 10.7. The number of nitrogens with one attached hydrogen (secondary N) is 1. The Morgan fingerprint density at radius 1 is 1.62 bits per heavy atom. The number of hydrogen-bond acceptors (Lipinski definition) is 3. The monoisotopic (exact) mass is 182 g/mol. The summed E-state index contributed by atoms with van der Waals surface area (Å²) in [6, 6.07) is 0. The second-order valence-corrected chi connectivity index (χ2v) is 2.65. The van der Waals surface area contributed by atoms with E-state index in [1.807, 2.05) is 0 Å². The summed E-state index contributed by atoms with van der Waals surface area (Å²) in [5, 5.41) is 19.7. The van der Waals surface area contributed by atoms with Gasteiger partial charge in [-0.25, -0.2) is 9.48 Å². The molecule has 0 aromatic carbocycles. The minimum Gasteiger partial charge on any atom is -0.478 e. The van der Waals surface area contributed by atoms with Gasteiger partial charge in [-0.3, -0.25) is 5.41 Å². The molecular formula is C7H10N4O2. The fraction of sp³-hybridized carbons (Fsp3) is 0.286. The molecule has 4 N–H and O–H groups in total. The second kappa shape index (κ2) is 2.89. The van der Waals surface area contributed by atoms with Crippen molar-refractivity contribution in [2.75, 3.05) is 0 Å². The van der Waals surface area contributed by atoms with Crippen molar-refractivity contribution in [1.82, 2.24) is 9.78 Å². The van der Waals surface area contributed by atoms with Crippen LogP contribution in [-0.4, -0.2) is 26.8 Å². The zero-order valence-electron chi connectivity index (χ0n) is 7.33. The lowest BCUT2D eigenvalue weighted by Gasteiger charge is -1.98. The number of nitrogen functional groups attached to an aromatic ring is 1. The van der Waals surface area contributed by atoms with Gasteiger partial charge in [0.05, 0.1) is 11.4 Å². The van der Waals surface area contributed by atoms with Gasteiger partial charge in [-0.1, -0.05) is 0 Å². The predicted molar refractivity (Wildman–Crippen MR) is 46.0 cm³/mol. The Labute approximate surface area is 74.5 Å². The quantitative estimate of drug-likeness (QED) is 0.418. The maximum Gasteiger partial charge on any atom is 0.339 e. The summed E-state index contributed by atoms with van der Waals surface area (Å²) in [5.41, 5.74) is 6.03. The SMILES string of the molecule is Cc1nn(C(=N)N)c(C)c1C(=O)O. The number of aromatic nitrogens is 2. The van der Waals surface area contributed by atoms with Crippen LogP contribution in [0.2, 0.25) is 0 Å². The lowest BCUT2D eigenvalue weighted by molar-refractivity contribution is 0.0695. The van der Waals surface area contributed by atoms with E-state index >= 15 is 0 Å².